The highest BCUT2D eigenvalue weighted by Crippen LogP contribution is 2.18. The first-order chi connectivity index (χ1) is 8.24. The Morgan fingerprint density at radius 1 is 1.00 bits per heavy atom. The van der Waals surface area contributed by atoms with E-state index in [1.807, 2.05) is 27.7 Å². The second kappa shape index (κ2) is 6.04. The summed E-state index contributed by atoms with van der Waals surface area (Å²) in [6.45, 7) is 8.04. The first-order valence-electron chi connectivity index (χ1n) is 6.02. The van der Waals surface area contributed by atoms with E-state index in [9.17, 15) is 8.42 Å². The van der Waals surface area contributed by atoms with E-state index in [1.54, 1.807) is 12.1 Å². The largest absolute Gasteiger partial charge is 0.240 e. The van der Waals surface area contributed by atoms with Gasteiger partial charge in [0, 0.05) is 11.1 Å². The van der Waals surface area contributed by atoms with Gasteiger partial charge in [0.05, 0.1) is 4.90 Å². The van der Waals surface area contributed by atoms with E-state index in [0.29, 0.717) is 5.02 Å². The topological polar surface area (TPSA) is 46.2 Å². The average Bonchev–Trinajstić information content (AvgIpc) is 2.26. The molecule has 0 saturated heterocycles. The fraction of sp³-hybridized carbons (Fsp3) is 0.538. The highest BCUT2D eigenvalue weighted by molar-refractivity contribution is 7.89. The lowest BCUT2D eigenvalue weighted by Crippen LogP contribution is -2.42. The zero-order valence-electron chi connectivity index (χ0n) is 11.1. The lowest BCUT2D eigenvalue weighted by molar-refractivity contribution is 0.355. The molecule has 102 valence electrons. The molecule has 1 rings (SSSR count). The van der Waals surface area contributed by atoms with Crippen molar-refractivity contribution in [3.05, 3.63) is 29.3 Å². The van der Waals surface area contributed by atoms with Crippen molar-refractivity contribution in [2.24, 2.45) is 11.8 Å². The summed E-state index contributed by atoms with van der Waals surface area (Å²) >= 11 is 5.75. The van der Waals surface area contributed by atoms with Gasteiger partial charge >= 0.3 is 0 Å². The molecule has 0 bridgehead atoms. The van der Waals surface area contributed by atoms with Gasteiger partial charge in [-0.15, -0.1) is 0 Å². The van der Waals surface area contributed by atoms with E-state index in [1.165, 1.54) is 12.1 Å². The number of hydrogen-bond acceptors (Lipinski definition) is 2. The quantitative estimate of drug-likeness (QED) is 0.904. The van der Waals surface area contributed by atoms with Gasteiger partial charge in [-0.25, -0.2) is 13.1 Å². The van der Waals surface area contributed by atoms with Crippen LogP contribution < -0.4 is 4.72 Å². The molecule has 0 saturated carbocycles. The SMILES string of the molecule is CC(C)C(NS(=O)(=O)c1ccc(Cl)cc1)C(C)C. The van der Waals surface area contributed by atoms with Gasteiger partial charge in [0.1, 0.15) is 0 Å². The number of rotatable bonds is 5. The first kappa shape index (κ1) is 15.5. The van der Waals surface area contributed by atoms with Gasteiger partial charge in [-0.3, -0.25) is 0 Å². The summed E-state index contributed by atoms with van der Waals surface area (Å²) in [7, 11) is -3.47. The standard InChI is InChI=1S/C13H20ClNO2S/c1-9(2)13(10(3)4)15-18(16,17)12-7-5-11(14)6-8-12/h5-10,13,15H,1-4H3. The van der Waals surface area contributed by atoms with Crippen LogP contribution >= 0.6 is 11.6 Å². The molecule has 0 radical (unpaired) electrons. The third-order valence-electron chi connectivity index (χ3n) is 2.85. The van der Waals surface area contributed by atoms with E-state index in [4.69, 9.17) is 11.6 Å². The molecule has 1 N–H and O–H groups in total. The van der Waals surface area contributed by atoms with Crippen LogP contribution in [0.15, 0.2) is 29.2 Å². The molecule has 5 heteroatoms. The van der Waals surface area contributed by atoms with E-state index in [-0.39, 0.29) is 22.8 Å². The summed E-state index contributed by atoms with van der Waals surface area (Å²) in [6, 6.07) is 6.11. The molecule has 18 heavy (non-hydrogen) atoms. The third-order valence-corrected chi connectivity index (χ3v) is 4.58. The van der Waals surface area contributed by atoms with Gasteiger partial charge in [0.25, 0.3) is 0 Å². The number of benzene rings is 1. The van der Waals surface area contributed by atoms with Gasteiger partial charge in [-0.05, 0) is 36.1 Å². The molecule has 0 aromatic heterocycles. The smallest absolute Gasteiger partial charge is 0.208 e. The third kappa shape index (κ3) is 3.97. The van der Waals surface area contributed by atoms with Crippen LogP contribution in [0, 0.1) is 11.8 Å². The molecule has 0 aliphatic carbocycles. The summed E-state index contributed by atoms with van der Waals surface area (Å²) < 4.78 is 27.2. The van der Waals surface area contributed by atoms with Gasteiger partial charge in [-0.1, -0.05) is 39.3 Å². The fourth-order valence-electron chi connectivity index (χ4n) is 1.90. The molecule has 0 aliphatic heterocycles. The van der Waals surface area contributed by atoms with Gasteiger partial charge in [0.15, 0.2) is 0 Å². The normalized spacial score (nSPS) is 12.7. The number of sulfonamides is 1. The zero-order valence-corrected chi connectivity index (χ0v) is 12.7. The Kier molecular flexibility index (Phi) is 5.20. The molecular formula is C13H20ClNO2S. The van der Waals surface area contributed by atoms with Gasteiger partial charge in [0.2, 0.25) is 10.0 Å². The van der Waals surface area contributed by atoms with E-state index >= 15 is 0 Å². The van der Waals surface area contributed by atoms with Crippen molar-refractivity contribution < 1.29 is 8.42 Å². The molecule has 0 unspecified atom stereocenters. The van der Waals surface area contributed by atoms with Crippen LogP contribution in [0.3, 0.4) is 0 Å². The van der Waals surface area contributed by atoms with Gasteiger partial charge < -0.3 is 0 Å². The maximum Gasteiger partial charge on any atom is 0.240 e. The van der Waals surface area contributed by atoms with Crippen LogP contribution in [-0.2, 0) is 10.0 Å². The summed E-state index contributed by atoms with van der Waals surface area (Å²) in [5.41, 5.74) is 0. The van der Waals surface area contributed by atoms with Crippen LogP contribution in [0.4, 0.5) is 0 Å². The molecule has 0 heterocycles. The van der Waals surface area contributed by atoms with E-state index in [2.05, 4.69) is 4.72 Å². The number of halogens is 1. The molecule has 0 amide bonds. The summed E-state index contributed by atoms with van der Waals surface area (Å²) in [5, 5.41) is 0.526. The first-order valence-corrected chi connectivity index (χ1v) is 7.88. The Morgan fingerprint density at radius 2 is 1.44 bits per heavy atom. The molecule has 0 aliphatic rings. The Labute approximate surface area is 115 Å². The second-order valence-corrected chi connectivity index (χ2v) is 7.24. The predicted molar refractivity (Wildman–Crippen MR) is 75.2 cm³/mol. The fourth-order valence-corrected chi connectivity index (χ4v) is 3.56. The lowest BCUT2D eigenvalue weighted by atomic mass is 9.94. The Bertz CT molecular complexity index is 472. The number of nitrogens with one attached hydrogen (secondary N) is 1. The summed E-state index contributed by atoms with van der Waals surface area (Å²) in [6.07, 6.45) is 0. The lowest BCUT2D eigenvalue weighted by Gasteiger charge is -2.25. The molecule has 0 fully saturated rings. The highest BCUT2D eigenvalue weighted by Gasteiger charge is 2.24. The van der Waals surface area contributed by atoms with Crippen molar-refractivity contribution in [1.82, 2.24) is 4.72 Å². The second-order valence-electron chi connectivity index (χ2n) is 5.09. The molecular weight excluding hydrogens is 270 g/mol. The van der Waals surface area contributed by atoms with Crippen LogP contribution in [0.25, 0.3) is 0 Å². The van der Waals surface area contributed by atoms with Crippen molar-refractivity contribution in [1.29, 1.82) is 0 Å². The summed E-state index contributed by atoms with van der Waals surface area (Å²) in [4.78, 5) is 0.248. The Balaban J connectivity index is 2.97. The van der Waals surface area contributed by atoms with E-state index < -0.39 is 10.0 Å². The summed E-state index contributed by atoms with van der Waals surface area (Å²) in [5.74, 6) is 0.485. The molecule has 1 aromatic carbocycles. The van der Waals surface area contributed by atoms with Crippen molar-refractivity contribution >= 4 is 21.6 Å². The molecule has 3 nitrogen and oxygen atoms in total. The Hall–Kier alpha value is -0.580. The highest BCUT2D eigenvalue weighted by atomic mass is 35.5. The average molecular weight is 290 g/mol. The minimum absolute atomic E-state index is 0.0781. The molecule has 0 atom stereocenters. The maximum atomic E-state index is 12.2. The minimum Gasteiger partial charge on any atom is -0.208 e. The van der Waals surface area contributed by atoms with E-state index in [0.717, 1.165) is 0 Å². The Morgan fingerprint density at radius 3 is 1.83 bits per heavy atom. The minimum atomic E-state index is -3.47. The van der Waals surface area contributed by atoms with Crippen LogP contribution in [0.2, 0.25) is 5.02 Å². The van der Waals surface area contributed by atoms with Crippen molar-refractivity contribution in [2.75, 3.05) is 0 Å². The predicted octanol–water partition coefficient (Wildman–Crippen LogP) is 3.30. The maximum absolute atomic E-state index is 12.2. The van der Waals surface area contributed by atoms with Crippen molar-refractivity contribution in [3.8, 4) is 0 Å². The van der Waals surface area contributed by atoms with Crippen LogP contribution in [0.5, 0.6) is 0 Å². The monoisotopic (exact) mass is 289 g/mol. The van der Waals surface area contributed by atoms with Gasteiger partial charge in [-0.2, -0.15) is 0 Å². The zero-order chi connectivity index (χ0) is 13.9. The van der Waals surface area contributed by atoms with Crippen LogP contribution in [-0.4, -0.2) is 14.5 Å². The molecule has 0 spiro atoms. The van der Waals surface area contributed by atoms with Crippen molar-refractivity contribution in [2.45, 2.75) is 38.6 Å². The van der Waals surface area contributed by atoms with Crippen LogP contribution in [0.1, 0.15) is 27.7 Å². The number of hydrogen-bond donors (Lipinski definition) is 1. The van der Waals surface area contributed by atoms with Crippen molar-refractivity contribution in [3.63, 3.8) is 0 Å². The molecule has 1 aromatic rings.